The standard InChI is InChI=1S/C15H27N5O/c1-14(2,3)13-18-11(19-20-13)12(21)17-9-10-15(4,5)7-6-8-16-10/h10,16H,6-9H2,1-5H3,(H,17,21)(H,18,19,20). The molecule has 2 heterocycles. The lowest BCUT2D eigenvalue weighted by Crippen LogP contribution is -2.52. The third-order valence-corrected chi connectivity index (χ3v) is 4.20. The van der Waals surface area contributed by atoms with Gasteiger partial charge in [-0.05, 0) is 24.8 Å². The van der Waals surface area contributed by atoms with Gasteiger partial charge in [0, 0.05) is 18.0 Å². The normalized spacial score (nSPS) is 22.0. The first-order valence-electron chi connectivity index (χ1n) is 7.64. The minimum atomic E-state index is -0.218. The summed E-state index contributed by atoms with van der Waals surface area (Å²) < 4.78 is 0. The fourth-order valence-corrected chi connectivity index (χ4v) is 2.59. The van der Waals surface area contributed by atoms with Crippen molar-refractivity contribution in [2.45, 2.75) is 58.9 Å². The van der Waals surface area contributed by atoms with E-state index in [2.05, 4.69) is 39.7 Å². The molecule has 6 nitrogen and oxygen atoms in total. The van der Waals surface area contributed by atoms with Gasteiger partial charge in [-0.2, -0.15) is 0 Å². The number of H-pyrrole nitrogens is 1. The molecule has 1 unspecified atom stereocenters. The highest BCUT2D eigenvalue weighted by Crippen LogP contribution is 2.29. The second-order valence-corrected chi connectivity index (χ2v) is 7.57. The molecule has 0 aliphatic carbocycles. The molecular formula is C15H27N5O. The molecule has 21 heavy (non-hydrogen) atoms. The van der Waals surface area contributed by atoms with Gasteiger partial charge in [0.15, 0.2) is 0 Å². The van der Waals surface area contributed by atoms with Crippen LogP contribution in [0.25, 0.3) is 0 Å². The highest BCUT2D eigenvalue weighted by molar-refractivity contribution is 5.90. The molecular weight excluding hydrogens is 266 g/mol. The Morgan fingerprint density at radius 3 is 2.71 bits per heavy atom. The number of carbonyl (C=O) groups excluding carboxylic acids is 1. The summed E-state index contributed by atoms with van der Waals surface area (Å²) in [4.78, 5) is 16.4. The van der Waals surface area contributed by atoms with E-state index in [0.29, 0.717) is 6.54 Å². The number of carbonyl (C=O) groups is 1. The minimum absolute atomic E-state index is 0.140. The SMILES string of the molecule is CC(C)(C)c1nc(C(=O)NCC2NCCCC2(C)C)n[nH]1. The number of piperidine rings is 1. The van der Waals surface area contributed by atoms with Crippen LogP contribution >= 0.6 is 0 Å². The van der Waals surface area contributed by atoms with Gasteiger partial charge in [-0.3, -0.25) is 9.89 Å². The van der Waals surface area contributed by atoms with Crippen molar-refractivity contribution < 1.29 is 4.79 Å². The van der Waals surface area contributed by atoms with Crippen molar-refractivity contribution in [3.05, 3.63) is 11.6 Å². The molecule has 1 fully saturated rings. The lowest BCUT2D eigenvalue weighted by molar-refractivity contribution is 0.0919. The van der Waals surface area contributed by atoms with E-state index in [1.54, 1.807) is 0 Å². The van der Waals surface area contributed by atoms with Crippen LogP contribution in [0.4, 0.5) is 0 Å². The maximum atomic E-state index is 12.2. The molecule has 1 saturated heterocycles. The average molecular weight is 293 g/mol. The quantitative estimate of drug-likeness (QED) is 0.790. The van der Waals surface area contributed by atoms with Gasteiger partial charge in [-0.25, -0.2) is 4.98 Å². The van der Waals surface area contributed by atoms with Crippen LogP contribution in [0, 0.1) is 5.41 Å². The second-order valence-electron chi connectivity index (χ2n) is 7.57. The Morgan fingerprint density at radius 1 is 1.43 bits per heavy atom. The van der Waals surface area contributed by atoms with Gasteiger partial charge in [-0.1, -0.05) is 34.6 Å². The predicted octanol–water partition coefficient (Wildman–Crippen LogP) is 1.61. The number of aromatic amines is 1. The van der Waals surface area contributed by atoms with Crippen molar-refractivity contribution in [3.8, 4) is 0 Å². The zero-order chi connectivity index (χ0) is 15.7. The average Bonchev–Trinajstić information content (AvgIpc) is 2.86. The predicted molar refractivity (Wildman–Crippen MR) is 82.2 cm³/mol. The number of aromatic nitrogens is 3. The van der Waals surface area contributed by atoms with Gasteiger partial charge in [0.1, 0.15) is 5.82 Å². The van der Waals surface area contributed by atoms with E-state index in [9.17, 15) is 4.79 Å². The molecule has 118 valence electrons. The lowest BCUT2D eigenvalue weighted by Gasteiger charge is -2.39. The van der Waals surface area contributed by atoms with Crippen LogP contribution in [0.5, 0.6) is 0 Å². The van der Waals surface area contributed by atoms with Crippen molar-refractivity contribution in [2.24, 2.45) is 5.41 Å². The summed E-state index contributed by atoms with van der Waals surface area (Å²) in [5, 5.41) is 13.3. The molecule has 0 bridgehead atoms. The summed E-state index contributed by atoms with van der Waals surface area (Å²) in [6.45, 7) is 12.2. The molecule has 1 aromatic heterocycles. The molecule has 6 heteroatoms. The number of nitrogens with zero attached hydrogens (tertiary/aromatic N) is 2. The number of hydrogen-bond acceptors (Lipinski definition) is 4. The molecule has 3 N–H and O–H groups in total. The molecule has 2 rings (SSSR count). The Bertz CT molecular complexity index is 500. The summed E-state index contributed by atoms with van der Waals surface area (Å²) >= 11 is 0. The first kappa shape index (κ1) is 15.9. The summed E-state index contributed by atoms with van der Waals surface area (Å²) in [5.74, 6) is 0.724. The summed E-state index contributed by atoms with van der Waals surface area (Å²) in [6.07, 6.45) is 2.36. The molecule has 0 spiro atoms. The van der Waals surface area contributed by atoms with Crippen LogP contribution in [0.15, 0.2) is 0 Å². The Morgan fingerprint density at radius 2 is 2.14 bits per heavy atom. The van der Waals surface area contributed by atoms with Crippen molar-refractivity contribution in [2.75, 3.05) is 13.1 Å². The van der Waals surface area contributed by atoms with Gasteiger partial charge >= 0.3 is 0 Å². The van der Waals surface area contributed by atoms with Crippen molar-refractivity contribution >= 4 is 5.91 Å². The van der Waals surface area contributed by atoms with Crippen LogP contribution in [0.1, 0.15) is 63.9 Å². The number of amides is 1. The van der Waals surface area contributed by atoms with Crippen LogP contribution in [0.3, 0.4) is 0 Å². The minimum Gasteiger partial charge on any atom is -0.348 e. The van der Waals surface area contributed by atoms with Gasteiger partial charge < -0.3 is 10.6 Å². The van der Waals surface area contributed by atoms with E-state index in [1.807, 2.05) is 20.8 Å². The largest absolute Gasteiger partial charge is 0.348 e. The molecule has 1 aromatic rings. The van der Waals surface area contributed by atoms with Crippen LogP contribution in [-0.2, 0) is 5.41 Å². The van der Waals surface area contributed by atoms with Crippen molar-refractivity contribution in [1.82, 2.24) is 25.8 Å². The van der Waals surface area contributed by atoms with E-state index in [-0.39, 0.29) is 28.6 Å². The molecule has 0 radical (unpaired) electrons. The van der Waals surface area contributed by atoms with E-state index in [4.69, 9.17) is 0 Å². The topological polar surface area (TPSA) is 82.7 Å². The van der Waals surface area contributed by atoms with Crippen molar-refractivity contribution in [1.29, 1.82) is 0 Å². The summed E-state index contributed by atoms with van der Waals surface area (Å²) in [5.41, 5.74) is 0.0551. The number of hydrogen-bond donors (Lipinski definition) is 3. The fourth-order valence-electron chi connectivity index (χ4n) is 2.59. The molecule has 1 aliphatic heterocycles. The maximum absolute atomic E-state index is 12.2. The maximum Gasteiger partial charge on any atom is 0.291 e. The number of rotatable bonds is 3. The van der Waals surface area contributed by atoms with E-state index < -0.39 is 0 Å². The zero-order valence-electron chi connectivity index (χ0n) is 13.7. The molecule has 0 saturated carbocycles. The third-order valence-electron chi connectivity index (χ3n) is 4.20. The van der Waals surface area contributed by atoms with Crippen LogP contribution < -0.4 is 10.6 Å². The second kappa shape index (κ2) is 5.75. The van der Waals surface area contributed by atoms with E-state index in [0.717, 1.165) is 12.4 Å². The van der Waals surface area contributed by atoms with E-state index >= 15 is 0 Å². The van der Waals surface area contributed by atoms with Crippen LogP contribution in [-0.4, -0.2) is 40.2 Å². The van der Waals surface area contributed by atoms with Crippen molar-refractivity contribution in [3.63, 3.8) is 0 Å². The van der Waals surface area contributed by atoms with Gasteiger partial charge in [0.2, 0.25) is 5.82 Å². The Kier molecular flexibility index (Phi) is 4.37. The zero-order valence-corrected chi connectivity index (χ0v) is 13.7. The Balaban J connectivity index is 1.94. The summed E-state index contributed by atoms with van der Waals surface area (Å²) in [6, 6.07) is 0.288. The summed E-state index contributed by atoms with van der Waals surface area (Å²) in [7, 11) is 0. The first-order chi connectivity index (χ1) is 9.70. The lowest BCUT2D eigenvalue weighted by atomic mass is 9.77. The highest BCUT2D eigenvalue weighted by atomic mass is 16.2. The van der Waals surface area contributed by atoms with Gasteiger partial charge in [0.25, 0.3) is 5.91 Å². The molecule has 1 amide bonds. The third kappa shape index (κ3) is 3.81. The highest BCUT2D eigenvalue weighted by Gasteiger charge is 2.32. The Labute approximate surface area is 126 Å². The molecule has 0 aromatic carbocycles. The van der Waals surface area contributed by atoms with Gasteiger partial charge in [-0.15, -0.1) is 5.10 Å². The monoisotopic (exact) mass is 293 g/mol. The smallest absolute Gasteiger partial charge is 0.291 e. The fraction of sp³-hybridized carbons (Fsp3) is 0.800. The van der Waals surface area contributed by atoms with Gasteiger partial charge in [0.05, 0.1) is 0 Å². The number of nitrogens with one attached hydrogen (secondary N) is 3. The first-order valence-corrected chi connectivity index (χ1v) is 7.64. The van der Waals surface area contributed by atoms with E-state index in [1.165, 1.54) is 12.8 Å². The molecule has 1 atom stereocenters. The van der Waals surface area contributed by atoms with Crippen LogP contribution in [0.2, 0.25) is 0 Å². The Hall–Kier alpha value is -1.43. The molecule has 1 aliphatic rings.